The van der Waals surface area contributed by atoms with Crippen LogP contribution in [0.5, 0.6) is 11.5 Å². The molecule has 2 aromatic carbocycles. The third kappa shape index (κ3) is 6.94. The number of aromatic nitrogens is 1. The van der Waals surface area contributed by atoms with Gasteiger partial charge in [-0.25, -0.2) is 9.78 Å². The van der Waals surface area contributed by atoms with Gasteiger partial charge in [0.25, 0.3) is 0 Å². The van der Waals surface area contributed by atoms with E-state index in [1.54, 1.807) is 42.6 Å². The Morgan fingerprint density at radius 2 is 1.83 bits per heavy atom. The number of oxazole rings is 1. The number of carbonyl (C=O) groups is 1. The molecule has 1 aliphatic carbocycles. The zero-order valence-corrected chi connectivity index (χ0v) is 19.9. The van der Waals surface area contributed by atoms with Gasteiger partial charge in [0.2, 0.25) is 0 Å². The normalized spacial score (nSPS) is 13.5. The average Bonchev–Trinajstić information content (AvgIpc) is 3.48. The van der Waals surface area contributed by atoms with Gasteiger partial charge in [0.05, 0.1) is 24.9 Å². The van der Waals surface area contributed by atoms with E-state index >= 15 is 0 Å². The van der Waals surface area contributed by atoms with E-state index in [1.807, 2.05) is 25.7 Å². The summed E-state index contributed by atoms with van der Waals surface area (Å²) in [4.78, 5) is 18.3. The highest BCUT2D eigenvalue weighted by Crippen LogP contribution is 2.38. The van der Waals surface area contributed by atoms with E-state index in [2.05, 4.69) is 9.72 Å². The minimum atomic E-state index is -2.96. The van der Waals surface area contributed by atoms with Crippen molar-refractivity contribution in [3.05, 3.63) is 66.4 Å². The molecule has 4 rings (SSSR count). The van der Waals surface area contributed by atoms with E-state index in [9.17, 15) is 13.6 Å². The number of hydrogen-bond acceptors (Lipinski definition) is 7. The quantitative estimate of drug-likeness (QED) is 0.309. The number of carbonyl (C=O) groups excluding carboxylic acids is 1. The van der Waals surface area contributed by atoms with Crippen LogP contribution >= 0.6 is 0 Å². The molecular formula is C26H28F2N2O5. The molecule has 35 heavy (non-hydrogen) atoms. The van der Waals surface area contributed by atoms with Crippen molar-refractivity contribution < 1.29 is 32.2 Å². The van der Waals surface area contributed by atoms with Crippen LogP contribution in [0.25, 0.3) is 0 Å². The van der Waals surface area contributed by atoms with Gasteiger partial charge < -0.3 is 23.5 Å². The minimum absolute atomic E-state index is 0.0238. The van der Waals surface area contributed by atoms with Gasteiger partial charge in [-0.1, -0.05) is 0 Å². The van der Waals surface area contributed by atoms with Crippen molar-refractivity contribution in [1.29, 1.82) is 0 Å². The lowest BCUT2D eigenvalue weighted by Gasteiger charge is -2.25. The molecule has 0 amide bonds. The molecule has 0 aliphatic heterocycles. The first-order valence-electron chi connectivity index (χ1n) is 11.4. The van der Waals surface area contributed by atoms with Gasteiger partial charge in [-0.2, -0.15) is 8.78 Å². The average molecular weight is 487 g/mol. The van der Waals surface area contributed by atoms with Gasteiger partial charge in [0.1, 0.15) is 11.4 Å². The molecule has 1 fully saturated rings. The van der Waals surface area contributed by atoms with Crippen LogP contribution in [-0.2, 0) is 11.3 Å². The molecule has 1 aromatic heterocycles. The Labute approximate surface area is 202 Å². The number of benzene rings is 2. The minimum Gasteiger partial charge on any atom is -0.489 e. The Kier molecular flexibility index (Phi) is 7.23. The van der Waals surface area contributed by atoms with Crippen molar-refractivity contribution >= 4 is 17.3 Å². The summed E-state index contributed by atoms with van der Waals surface area (Å²) in [5, 5.41) is 0. The fraction of sp³-hybridized carbons (Fsp3) is 0.385. The summed E-state index contributed by atoms with van der Waals surface area (Å²) in [6.07, 6.45) is 5.06. The van der Waals surface area contributed by atoms with Crippen molar-refractivity contribution in [3.63, 3.8) is 0 Å². The third-order valence-corrected chi connectivity index (χ3v) is 5.24. The Morgan fingerprint density at radius 3 is 2.43 bits per heavy atom. The lowest BCUT2D eigenvalue weighted by atomic mass is 10.1. The van der Waals surface area contributed by atoms with E-state index < -0.39 is 18.2 Å². The van der Waals surface area contributed by atoms with Gasteiger partial charge in [0, 0.05) is 17.4 Å². The molecule has 0 atom stereocenters. The molecule has 0 bridgehead atoms. The monoisotopic (exact) mass is 486 g/mol. The first kappa shape index (κ1) is 24.5. The Balaban J connectivity index is 1.64. The second kappa shape index (κ2) is 10.3. The number of hydrogen-bond donors (Lipinski definition) is 0. The molecule has 1 saturated carbocycles. The lowest BCUT2D eigenvalue weighted by molar-refractivity contribution is -0.0515. The number of nitrogens with zero attached hydrogens (tertiary/aromatic N) is 2. The predicted molar refractivity (Wildman–Crippen MR) is 125 cm³/mol. The third-order valence-electron chi connectivity index (χ3n) is 5.24. The first-order valence-corrected chi connectivity index (χ1v) is 11.4. The summed E-state index contributed by atoms with van der Waals surface area (Å²) in [6.45, 7) is 3.21. The summed E-state index contributed by atoms with van der Waals surface area (Å²) in [6, 6.07) is 11.7. The Morgan fingerprint density at radius 1 is 1.11 bits per heavy atom. The lowest BCUT2D eigenvalue weighted by Crippen LogP contribution is -2.24. The molecule has 7 nitrogen and oxygen atoms in total. The Hall–Kier alpha value is -3.62. The summed E-state index contributed by atoms with van der Waals surface area (Å²) in [5.74, 6) is 0.820. The van der Waals surface area contributed by atoms with Gasteiger partial charge in [-0.3, -0.25) is 0 Å². The number of rotatable bonds is 10. The molecule has 0 N–H and O–H groups in total. The number of alkyl halides is 2. The molecule has 1 aliphatic rings. The van der Waals surface area contributed by atoms with Crippen LogP contribution in [0.4, 0.5) is 20.2 Å². The van der Waals surface area contributed by atoms with Gasteiger partial charge in [0.15, 0.2) is 17.9 Å². The van der Waals surface area contributed by atoms with Crippen LogP contribution in [0.3, 0.4) is 0 Å². The second-order valence-corrected chi connectivity index (χ2v) is 9.37. The highest BCUT2D eigenvalue weighted by atomic mass is 19.3. The van der Waals surface area contributed by atoms with E-state index in [0.29, 0.717) is 36.1 Å². The van der Waals surface area contributed by atoms with Gasteiger partial charge >= 0.3 is 12.6 Å². The van der Waals surface area contributed by atoms with Crippen LogP contribution in [-0.4, -0.2) is 29.8 Å². The molecule has 1 heterocycles. The standard InChI is InChI=1S/C26H28F2N2O5/c1-26(2,3)35-24(31)18-6-8-19(9-7-18)30(14-21-13-29-16-33-21)20-10-11-22(34-25(27)28)23(12-20)32-15-17-4-5-17/h6-13,16-17,25H,4-5,14-15H2,1-3H3. The zero-order chi connectivity index (χ0) is 25.0. The smallest absolute Gasteiger partial charge is 0.387 e. The number of halogens is 2. The van der Waals surface area contributed by atoms with Crippen molar-refractivity contribution in [2.24, 2.45) is 5.92 Å². The molecule has 186 valence electrons. The van der Waals surface area contributed by atoms with Crippen molar-refractivity contribution in [2.45, 2.75) is 52.4 Å². The summed E-state index contributed by atoms with van der Waals surface area (Å²) < 4.78 is 47.3. The number of anilines is 2. The largest absolute Gasteiger partial charge is 0.489 e. The second-order valence-electron chi connectivity index (χ2n) is 9.37. The number of esters is 1. The van der Waals surface area contributed by atoms with Crippen LogP contribution in [0.15, 0.2) is 59.5 Å². The zero-order valence-electron chi connectivity index (χ0n) is 19.9. The maximum atomic E-state index is 12.9. The summed E-state index contributed by atoms with van der Waals surface area (Å²) >= 11 is 0. The van der Waals surface area contributed by atoms with Crippen LogP contribution in [0, 0.1) is 5.92 Å². The van der Waals surface area contributed by atoms with Gasteiger partial charge in [-0.05, 0) is 75.9 Å². The topological polar surface area (TPSA) is 74.0 Å². The fourth-order valence-corrected chi connectivity index (χ4v) is 3.39. The maximum Gasteiger partial charge on any atom is 0.387 e. The van der Waals surface area contributed by atoms with Crippen LogP contribution in [0.1, 0.15) is 49.7 Å². The van der Waals surface area contributed by atoms with Crippen molar-refractivity contribution in [3.8, 4) is 11.5 Å². The molecule has 9 heteroatoms. The SMILES string of the molecule is CC(C)(C)OC(=O)c1ccc(N(Cc2cnco2)c2ccc(OC(F)F)c(OCC3CC3)c2)cc1. The Bertz CT molecular complexity index is 1120. The van der Waals surface area contributed by atoms with E-state index in [-0.39, 0.29) is 11.5 Å². The molecule has 3 aromatic rings. The van der Waals surface area contributed by atoms with E-state index in [1.165, 1.54) is 12.5 Å². The molecule has 0 saturated heterocycles. The van der Waals surface area contributed by atoms with Crippen molar-refractivity contribution in [2.75, 3.05) is 11.5 Å². The predicted octanol–water partition coefficient (Wildman–Crippen LogP) is 6.36. The van der Waals surface area contributed by atoms with Crippen LogP contribution in [0.2, 0.25) is 0 Å². The molecule has 0 radical (unpaired) electrons. The van der Waals surface area contributed by atoms with E-state index in [4.69, 9.17) is 13.9 Å². The van der Waals surface area contributed by atoms with Crippen LogP contribution < -0.4 is 14.4 Å². The van der Waals surface area contributed by atoms with Crippen molar-refractivity contribution in [1.82, 2.24) is 4.98 Å². The molecule has 0 unspecified atom stereocenters. The van der Waals surface area contributed by atoms with Gasteiger partial charge in [-0.15, -0.1) is 0 Å². The van der Waals surface area contributed by atoms with E-state index in [0.717, 1.165) is 18.5 Å². The summed E-state index contributed by atoms with van der Waals surface area (Å²) in [5.41, 5.74) is 1.22. The highest BCUT2D eigenvalue weighted by Gasteiger charge is 2.24. The number of ether oxygens (including phenoxy) is 3. The molecular weight excluding hydrogens is 458 g/mol. The first-order chi connectivity index (χ1) is 16.7. The highest BCUT2D eigenvalue weighted by molar-refractivity contribution is 5.90. The maximum absolute atomic E-state index is 12.9. The molecule has 0 spiro atoms. The summed E-state index contributed by atoms with van der Waals surface area (Å²) in [7, 11) is 0. The fourth-order valence-electron chi connectivity index (χ4n) is 3.39.